The molecule has 0 aliphatic rings. The molecule has 0 N–H and O–H groups in total. The zero-order valence-corrected chi connectivity index (χ0v) is 2.56. The van der Waals surface area contributed by atoms with E-state index in [0.29, 0.717) is 0 Å². The van der Waals surface area contributed by atoms with Crippen LogP contribution in [0.4, 0.5) is 0 Å². The van der Waals surface area contributed by atoms with Crippen molar-refractivity contribution in [3.05, 3.63) is 0 Å². The van der Waals surface area contributed by atoms with Gasteiger partial charge in [-0.15, -0.1) is 0 Å². The predicted octanol–water partition coefficient (Wildman–Crippen LogP) is -0.665. The molecule has 3 heteroatoms. The third kappa shape index (κ3) is 1.93. The van der Waals surface area contributed by atoms with Gasteiger partial charge in [-0.1, -0.05) is 0 Å². The van der Waals surface area contributed by atoms with Crippen molar-refractivity contribution >= 4 is 14.4 Å². The van der Waals surface area contributed by atoms with E-state index in [4.69, 9.17) is 0 Å². The maximum atomic E-state index is 4.68. The standard InChI is InChI=1S/CH3B2O/c1-4-3-2/h1H3. The van der Waals surface area contributed by atoms with Crippen molar-refractivity contribution in [1.82, 2.24) is 0 Å². The van der Waals surface area contributed by atoms with Crippen LogP contribution >= 0.6 is 0 Å². The van der Waals surface area contributed by atoms with Crippen LogP contribution in [0.25, 0.3) is 0 Å². The van der Waals surface area contributed by atoms with Crippen LogP contribution in [-0.2, 0) is 4.65 Å². The molecule has 0 spiro atoms. The summed E-state index contributed by atoms with van der Waals surface area (Å²) < 4.78 is 4.19. The van der Waals surface area contributed by atoms with Gasteiger partial charge in [0.25, 0.3) is 0 Å². The summed E-state index contributed by atoms with van der Waals surface area (Å²) in [7, 11) is 7.31. The summed E-state index contributed by atoms with van der Waals surface area (Å²) in [4.78, 5) is 0. The summed E-state index contributed by atoms with van der Waals surface area (Å²) in [5, 5.41) is 0. The first-order valence-electron chi connectivity index (χ1n) is 0.977. The molecule has 19 valence electrons. The van der Waals surface area contributed by atoms with Crippen LogP contribution in [0.1, 0.15) is 0 Å². The molecule has 4 heavy (non-hydrogen) atoms. The van der Waals surface area contributed by atoms with Gasteiger partial charge in [-0.2, -0.15) is 0 Å². The summed E-state index contributed by atoms with van der Waals surface area (Å²) in [6, 6.07) is 0. The number of hydrogen-bond acceptors (Lipinski definition) is 1. The summed E-state index contributed by atoms with van der Waals surface area (Å²) in [5.74, 6) is 0. The quantitative estimate of drug-likeness (QED) is 0.360. The molecule has 0 aliphatic carbocycles. The Morgan fingerprint density at radius 3 is 2.25 bits per heavy atom. The molecule has 0 atom stereocenters. The zero-order valence-electron chi connectivity index (χ0n) is 2.56. The summed E-state index contributed by atoms with van der Waals surface area (Å²) in [5.41, 5.74) is 0. The first kappa shape index (κ1) is 3.93. The second kappa shape index (κ2) is 2.93. The van der Waals surface area contributed by atoms with Crippen LogP contribution in [0, 0.1) is 0 Å². The summed E-state index contributed by atoms with van der Waals surface area (Å²) in [6.45, 7) is 0. The number of rotatable bonds is 1. The molecule has 0 rings (SSSR count). The van der Waals surface area contributed by atoms with E-state index in [1.54, 1.807) is 0 Å². The van der Waals surface area contributed by atoms with Crippen molar-refractivity contribution in [2.75, 3.05) is 7.11 Å². The van der Waals surface area contributed by atoms with Crippen molar-refractivity contribution in [1.29, 1.82) is 0 Å². The van der Waals surface area contributed by atoms with Crippen LogP contribution in [-0.4, -0.2) is 21.5 Å². The molecule has 0 saturated carbocycles. The average Bonchev–Trinajstić information content (AvgIpc) is 1.37. The predicted molar refractivity (Wildman–Crippen MR) is 18.5 cm³/mol. The van der Waals surface area contributed by atoms with E-state index >= 15 is 0 Å². The SMILES string of the molecule is [B]=BOC. The monoisotopic (exact) mass is 53.0 g/mol. The molecule has 0 aliphatic heterocycles. The van der Waals surface area contributed by atoms with E-state index in [1.807, 2.05) is 0 Å². The van der Waals surface area contributed by atoms with Gasteiger partial charge in [0.1, 0.15) is 0 Å². The van der Waals surface area contributed by atoms with Crippen LogP contribution in [0.3, 0.4) is 0 Å². The Kier molecular flexibility index (Phi) is 2.88. The molecule has 0 unspecified atom stereocenters. The Morgan fingerprint density at radius 2 is 2.25 bits per heavy atom. The van der Waals surface area contributed by atoms with E-state index in [2.05, 4.69) is 12.0 Å². The maximum absolute atomic E-state index is 4.68. The van der Waals surface area contributed by atoms with E-state index < -0.39 is 0 Å². The summed E-state index contributed by atoms with van der Waals surface area (Å²) in [6.07, 6.45) is 0. The van der Waals surface area contributed by atoms with Crippen molar-refractivity contribution in [2.45, 2.75) is 0 Å². The second-order valence-corrected chi connectivity index (χ2v) is 0.372. The minimum absolute atomic E-state index is 1.12. The molecule has 0 heterocycles. The van der Waals surface area contributed by atoms with E-state index in [-0.39, 0.29) is 0 Å². The third-order valence-electron chi connectivity index (χ3n) is 0.136. The molecule has 0 aromatic heterocycles. The van der Waals surface area contributed by atoms with Gasteiger partial charge < -0.3 is 0 Å². The van der Waals surface area contributed by atoms with Crippen LogP contribution in [0.15, 0.2) is 0 Å². The fourth-order valence-corrected chi connectivity index (χ4v) is 0. The van der Waals surface area contributed by atoms with Crippen molar-refractivity contribution in [3.8, 4) is 0 Å². The number of hydrogen-bond donors (Lipinski definition) is 0. The van der Waals surface area contributed by atoms with Gasteiger partial charge in [0.2, 0.25) is 0 Å². The first-order valence-corrected chi connectivity index (χ1v) is 0.977. The van der Waals surface area contributed by atoms with Gasteiger partial charge in [0.05, 0.1) is 0 Å². The molecule has 0 aromatic carbocycles. The molecular weight excluding hydrogens is 49.6 g/mol. The summed E-state index contributed by atoms with van der Waals surface area (Å²) >= 11 is 0. The van der Waals surface area contributed by atoms with Crippen molar-refractivity contribution < 1.29 is 4.65 Å². The van der Waals surface area contributed by atoms with Crippen LogP contribution < -0.4 is 0 Å². The minimum atomic E-state index is 1.12. The Bertz CT molecular complexity index is 20.0. The average molecular weight is 52.7 g/mol. The van der Waals surface area contributed by atoms with Crippen LogP contribution in [0.2, 0.25) is 0 Å². The Balaban J connectivity index is 2.30. The molecule has 0 saturated heterocycles. The molecule has 0 amide bonds. The van der Waals surface area contributed by atoms with Gasteiger partial charge in [0.15, 0.2) is 0 Å². The van der Waals surface area contributed by atoms with Gasteiger partial charge in [-0.3, -0.25) is 0 Å². The molecule has 0 fully saturated rings. The van der Waals surface area contributed by atoms with Crippen LogP contribution in [0.5, 0.6) is 0 Å². The topological polar surface area (TPSA) is 9.23 Å². The first-order chi connectivity index (χ1) is 1.91. The van der Waals surface area contributed by atoms with Gasteiger partial charge >= 0.3 is 26.1 Å². The molecule has 1 nitrogen and oxygen atoms in total. The second-order valence-electron chi connectivity index (χ2n) is 0.372. The zero-order chi connectivity index (χ0) is 3.41. The van der Waals surface area contributed by atoms with E-state index in [9.17, 15) is 0 Å². The van der Waals surface area contributed by atoms with Crippen molar-refractivity contribution in [3.63, 3.8) is 0 Å². The van der Waals surface area contributed by atoms with Gasteiger partial charge in [0, 0.05) is 0 Å². The van der Waals surface area contributed by atoms with E-state index in [0.717, 1.165) is 7.00 Å². The van der Waals surface area contributed by atoms with Crippen molar-refractivity contribution in [2.24, 2.45) is 0 Å². The normalized spacial score (nSPS) is 4.00. The van der Waals surface area contributed by atoms with E-state index in [1.165, 1.54) is 7.11 Å². The Hall–Kier alpha value is -0.0701. The van der Waals surface area contributed by atoms with Gasteiger partial charge in [-0.25, -0.2) is 0 Å². The molecule has 1 radical (unpaired) electrons. The molecular formula is CH3B2O. The fourth-order valence-electron chi connectivity index (χ4n) is 0. The fraction of sp³-hybridized carbons (Fsp3) is 1.00. The van der Waals surface area contributed by atoms with Gasteiger partial charge in [-0.05, 0) is 0 Å². The Morgan fingerprint density at radius 1 is 2.00 bits per heavy atom. The molecule has 0 aromatic rings. The molecule has 0 bridgehead atoms. The Labute approximate surface area is 27.3 Å². The third-order valence-corrected chi connectivity index (χ3v) is 0.136.